The Balaban J connectivity index is 1.27. The van der Waals surface area contributed by atoms with Crippen molar-refractivity contribution >= 4 is 23.4 Å². The molecule has 3 fully saturated rings. The molecule has 3 aliphatic rings. The smallest absolute Gasteiger partial charge is 0.260 e. The maximum absolute atomic E-state index is 13.0. The van der Waals surface area contributed by atoms with E-state index in [-0.39, 0.29) is 24.5 Å². The molecule has 1 heterocycles. The molecule has 0 unspecified atom stereocenters. The highest BCUT2D eigenvalue weighted by atomic mass is 35.5. The average molecular weight is 434 g/mol. The van der Waals surface area contributed by atoms with E-state index in [1.54, 1.807) is 24.3 Å². The number of carbonyl (C=O) groups excluding carboxylic acids is 2. The molecular formula is C23H32ClN3O3. The van der Waals surface area contributed by atoms with Gasteiger partial charge in [0.2, 0.25) is 5.91 Å². The van der Waals surface area contributed by atoms with E-state index in [0.29, 0.717) is 35.7 Å². The molecule has 0 spiro atoms. The van der Waals surface area contributed by atoms with Crippen molar-refractivity contribution in [2.75, 3.05) is 39.3 Å². The van der Waals surface area contributed by atoms with E-state index in [2.05, 4.69) is 10.2 Å². The van der Waals surface area contributed by atoms with Crippen molar-refractivity contribution in [1.82, 2.24) is 15.1 Å². The molecule has 0 bridgehead atoms. The van der Waals surface area contributed by atoms with Crippen LogP contribution in [0.5, 0.6) is 5.75 Å². The third kappa shape index (κ3) is 5.67. The summed E-state index contributed by atoms with van der Waals surface area (Å²) in [5, 5.41) is 3.85. The summed E-state index contributed by atoms with van der Waals surface area (Å²) in [6.07, 6.45) is 7.20. The number of hydrogen-bond acceptors (Lipinski definition) is 4. The molecule has 164 valence electrons. The first-order chi connectivity index (χ1) is 14.6. The molecule has 0 aromatic heterocycles. The van der Waals surface area contributed by atoms with E-state index in [0.717, 1.165) is 32.5 Å². The molecule has 1 aliphatic heterocycles. The molecule has 7 heteroatoms. The Morgan fingerprint density at radius 1 is 1.03 bits per heavy atom. The normalized spacial score (nSPS) is 21.4. The standard InChI is InChI=1S/C23H32ClN3O3/c24-19-7-9-20(10-8-19)30-16-21(28)26-11-13-27(14-12-26)22(18-3-1-2-4-18)23(29)25-15-17-5-6-17/h7-10,17-18,22H,1-6,11-16H2,(H,25,29)/t22-/m0/s1. The summed E-state index contributed by atoms with van der Waals surface area (Å²) in [6, 6.07) is 6.98. The van der Waals surface area contributed by atoms with Gasteiger partial charge in [0.05, 0.1) is 6.04 Å². The quantitative estimate of drug-likeness (QED) is 0.684. The van der Waals surface area contributed by atoms with Crippen LogP contribution in [0.4, 0.5) is 0 Å². The Labute approximate surface area is 183 Å². The van der Waals surface area contributed by atoms with Gasteiger partial charge in [-0.1, -0.05) is 24.4 Å². The fourth-order valence-electron chi connectivity index (χ4n) is 4.64. The van der Waals surface area contributed by atoms with Gasteiger partial charge in [0.25, 0.3) is 5.91 Å². The second-order valence-corrected chi connectivity index (χ2v) is 9.27. The molecule has 4 rings (SSSR count). The van der Waals surface area contributed by atoms with Gasteiger partial charge < -0.3 is 15.0 Å². The zero-order valence-electron chi connectivity index (χ0n) is 17.5. The lowest BCUT2D eigenvalue weighted by Crippen LogP contribution is -2.58. The lowest BCUT2D eigenvalue weighted by Gasteiger charge is -2.40. The van der Waals surface area contributed by atoms with E-state index in [4.69, 9.17) is 16.3 Å². The van der Waals surface area contributed by atoms with Crippen molar-refractivity contribution in [3.63, 3.8) is 0 Å². The number of piperazine rings is 1. The first-order valence-electron chi connectivity index (χ1n) is 11.3. The van der Waals surface area contributed by atoms with Crippen LogP contribution < -0.4 is 10.1 Å². The fourth-order valence-corrected chi connectivity index (χ4v) is 4.77. The highest BCUT2D eigenvalue weighted by Gasteiger charge is 2.37. The van der Waals surface area contributed by atoms with Crippen LogP contribution in [0.25, 0.3) is 0 Å². The number of carbonyl (C=O) groups is 2. The number of nitrogens with zero attached hydrogens (tertiary/aromatic N) is 2. The van der Waals surface area contributed by atoms with Crippen LogP contribution in [0.3, 0.4) is 0 Å². The first-order valence-corrected chi connectivity index (χ1v) is 11.7. The summed E-state index contributed by atoms with van der Waals surface area (Å²) < 4.78 is 5.60. The monoisotopic (exact) mass is 433 g/mol. The van der Waals surface area contributed by atoms with Crippen molar-refractivity contribution in [1.29, 1.82) is 0 Å². The SMILES string of the molecule is O=C(NCC1CC1)[C@H](C1CCCC1)N1CCN(C(=O)COc2ccc(Cl)cc2)CC1. The van der Waals surface area contributed by atoms with Crippen LogP contribution in [0.1, 0.15) is 38.5 Å². The van der Waals surface area contributed by atoms with Gasteiger partial charge in [0, 0.05) is 37.7 Å². The zero-order valence-corrected chi connectivity index (χ0v) is 18.3. The number of rotatable bonds is 8. The summed E-state index contributed by atoms with van der Waals surface area (Å²) in [7, 11) is 0. The molecule has 2 aliphatic carbocycles. The molecule has 30 heavy (non-hydrogen) atoms. The molecule has 2 amide bonds. The summed E-state index contributed by atoms with van der Waals surface area (Å²) in [5.74, 6) is 1.95. The number of amides is 2. The van der Waals surface area contributed by atoms with Crippen molar-refractivity contribution in [3.05, 3.63) is 29.3 Å². The Hall–Kier alpha value is -1.79. The summed E-state index contributed by atoms with van der Waals surface area (Å²) in [4.78, 5) is 29.7. The van der Waals surface area contributed by atoms with E-state index in [1.165, 1.54) is 25.7 Å². The van der Waals surface area contributed by atoms with Crippen LogP contribution in [0.2, 0.25) is 5.02 Å². The van der Waals surface area contributed by atoms with E-state index >= 15 is 0 Å². The number of benzene rings is 1. The van der Waals surface area contributed by atoms with Crippen LogP contribution in [-0.4, -0.2) is 67.0 Å². The Morgan fingerprint density at radius 3 is 2.33 bits per heavy atom. The zero-order chi connectivity index (χ0) is 20.9. The van der Waals surface area contributed by atoms with Crippen LogP contribution in [0, 0.1) is 11.8 Å². The summed E-state index contributed by atoms with van der Waals surface area (Å²) >= 11 is 5.88. The Morgan fingerprint density at radius 2 is 1.70 bits per heavy atom. The largest absolute Gasteiger partial charge is 0.484 e. The topological polar surface area (TPSA) is 61.9 Å². The number of hydrogen-bond donors (Lipinski definition) is 1. The molecule has 1 N–H and O–H groups in total. The maximum atomic E-state index is 13.0. The van der Waals surface area contributed by atoms with Gasteiger partial charge in [0.15, 0.2) is 6.61 Å². The minimum Gasteiger partial charge on any atom is -0.484 e. The first kappa shape index (κ1) is 21.4. The highest BCUT2D eigenvalue weighted by Crippen LogP contribution is 2.32. The lowest BCUT2D eigenvalue weighted by atomic mass is 9.95. The minimum absolute atomic E-state index is 0.0137. The van der Waals surface area contributed by atoms with Gasteiger partial charge in [0.1, 0.15) is 5.75 Å². The second kappa shape index (κ2) is 10.0. The summed E-state index contributed by atoms with van der Waals surface area (Å²) in [5.41, 5.74) is 0. The van der Waals surface area contributed by atoms with Crippen LogP contribution in [-0.2, 0) is 9.59 Å². The van der Waals surface area contributed by atoms with Gasteiger partial charge in [-0.2, -0.15) is 0 Å². The number of ether oxygens (including phenoxy) is 1. The van der Waals surface area contributed by atoms with Gasteiger partial charge in [-0.3, -0.25) is 14.5 Å². The third-order valence-electron chi connectivity index (χ3n) is 6.61. The second-order valence-electron chi connectivity index (χ2n) is 8.84. The molecular weight excluding hydrogens is 402 g/mol. The van der Waals surface area contributed by atoms with Crippen molar-refractivity contribution in [2.24, 2.45) is 11.8 Å². The van der Waals surface area contributed by atoms with Crippen molar-refractivity contribution < 1.29 is 14.3 Å². The molecule has 1 atom stereocenters. The van der Waals surface area contributed by atoms with Crippen molar-refractivity contribution in [2.45, 2.75) is 44.6 Å². The molecule has 1 saturated heterocycles. The van der Waals surface area contributed by atoms with E-state index in [9.17, 15) is 9.59 Å². The molecule has 2 saturated carbocycles. The minimum atomic E-state index is -0.0474. The summed E-state index contributed by atoms with van der Waals surface area (Å²) in [6.45, 7) is 3.61. The predicted molar refractivity (Wildman–Crippen MR) is 117 cm³/mol. The van der Waals surface area contributed by atoms with Gasteiger partial charge in [-0.15, -0.1) is 0 Å². The molecule has 1 aromatic rings. The van der Waals surface area contributed by atoms with E-state index in [1.807, 2.05) is 4.90 Å². The van der Waals surface area contributed by atoms with Gasteiger partial charge in [-0.25, -0.2) is 0 Å². The number of nitrogens with one attached hydrogen (secondary N) is 1. The van der Waals surface area contributed by atoms with Crippen LogP contribution in [0.15, 0.2) is 24.3 Å². The molecule has 6 nitrogen and oxygen atoms in total. The van der Waals surface area contributed by atoms with Gasteiger partial charge in [-0.05, 0) is 61.8 Å². The Kier molecular flexibility index (Phi) is 7.16. The number of halogens is 1. The predicted octanol–water partition coefficient (Wildman–Crippen LogP) is 2.95. The third-order valence-corrected chi connectivity index (χ3v) is 6.87. The fraction of sp³-hybridized carbons (Fsp3) is 0.652. The molecule has 1 aromatic carbocycles. The van der Waals surface area contributed by atoms with E-state index < -0.39 is 0 Å². The van der Waals surface area contributed by atoms with Crippen molar-refractivity contribution in [3.8, 4) is 5.75 Å². The van der Waals surface area contributed by atoms with Crippen LogP contribution >= 0.6 is 11.6 Å². The molecule has 0 radical (unpaired) electrons. The average Bonchev–Trinajstić information content (AvgIpc) is 3.45. The highest BCUT2D eigenvalue weighted by molar-refractivity contribution is 6.30. The Bertz CT molecular complexity index is 724. The maximum Gasteiger partial charge on any atom is 0.260 e. The van der Waals surface area contributed by atoms with Gasteiger partial charge >= 0.3 is 0 Å². The lowest BCUT2D eigenvalue weighted by molar-refractivity contribution is -0.137.